The first-order valence-corrected chi connectivity index (χ1v) is 14.4. The Morgan fingerprint density at radius 1 is 0.953 bits per heavy atom. The average molecular weight is 601 g/mol. The lowest BCUT2D eigenvalue weighted by Crippen LogP contribution is -2.56. The molecule has 2 N–H and O–H groups in total. The highest BCUT2D eigenvalue weighted by Crippen LogP contribution is 2.37. The van der Waals surface area contributed by atoms with Crippen molar-refractivity contribution in [3.8, 4) is 0 Å². The predicted octanol–water partition coefficient (Wildman–Crippen LogP) is 4.75. The van der Waals surface area contributed by atoms with E-state index in [1.54, 1.807) is 0 Å². The van der Waals surface area contributed by atoms with Crippen LogP contribution in [0.25, 0.3) is 0 Å². The molecule has 0 unspecified atom stereocenters. The SMILES string of the molecule is COCC1=C(C(=O)OC)[C@H](c2ccc(F)c(F)c2)N(C(=O)N[C@@H]2CCN(C3CCC(c4ccc(F)cc4)CC3)C2)C(=O)N1. The molecule has 230 valence electrons. The zero-order chi connectivity index (χ0) is 30.7. The van der Waals surface area contributed by atoms with E-state index < -0.39 is 35.7 Å². The molecule has 2 aliphatic heterocycles. The van der Waals surface area contributed by atoms with Crippen molar-refractivity contribution in [2.24, 2.45) is 0 Å². The minimum atomic E-state index is -1.39. The first kappa shape index (κ1) is 30.6. The van der Waals surface area contributed by atoms with Gasteiger partial charge in [0.2, 0.25) is 0 Å². The standard InChI is InChI=1S/C31H35F3N4O5/c1-42-17-26-27(29(39)43-2)28(20-7-12-24(33)25(34)15-20)38(31(41)36-26)30(40)35-22-13-14-37(16-22)23-10-5-19(6-11-23)18-3-8-21(32)9-4-18/h3-4,7-9,12,15,19,22-23,28H,5-6,10-11,13-14,16-17H2,1-2H3,(H,35,40)(H,36,41)/t19?,22-,23?,28+/m1/s1. The number of carbonyl (C=O) groups is 3. The van der Waals surface area contributed by atoms with Crippen LogP contribution < -0.4 is 10.6 Å². The third-order valence-electron chi connectivity index (χ3n) is 8.61. The predicted molar refractivity (Wildman–Crippen MR) is 150 cm³/mol. The molecule has 2 fully saturated rings. The molecule has 1 aliphatic carbocycles. The Kier molecular flexibility index (Phi) is 9.36. The molecule has 2 aromatic carbocycles. The lowest BCUT2D eigenvalue weighted by Gasteiger charge is -2.37. The van der Waals surface area contributed by atoms with Crippen LogP contribution in [-0.2, 0) is 14.3 Å². The fraction of sp³-hybridized carbons (Fsp3) is 0.452. The van der Waals surface area contributed by atoms with Crippen molar-refractivity contribution in [1.29, 1.82) is 0 Å². The molecule has 3 aliphatic rings. The summed E-state index contributed by atoms with van der Waals surface area (Å²) < 4.78 is 51.5. The molecule has 0 radical (unpaired) electrons. The number of hydrogen-bond acceptors (Lipinski definition) is 6. The van der Waals surface area contributed by atoms with Crippen LogP contribution in [0.2, 0.25) is 0 Å². The molecule has 43 heavy (non-hydrogen) atoms. The van der Waals surface area contributed by atoms with E-state index in [4.69, 9.17) is 9.47 Å². The molecule has 0 aromatic heterocycles. The van der Waals surface area contributed by atoms with Crippen LogP contribution in [0.15, 0.2) is 53.7 Å². The Morgan fingerprint density at radius 3 is 2.30 bits per heavy atom. The van der Waals surface area contributed by atoms with Crippen molar-refractivity contribution in [2.75, 3.05) is 33.9 Å². The van der Waals surface area contributed by atoms with Gasteiger partial charge in [0.05, 0.1) is 25.0 Å². The minimum Gasteiger partial charge on any atom is -0.466 e. The maximum absolute atomic E-state index is 14.3. The Hall–Kier alpha value is -3.90. The van der Waals surface area contributed by atoms with Gasteiger partial charge >= 0.3 is 18.0 Å². The van der Waals surface area contributed by atoms with E-state index in [9.17, 15) is 27.6 Å². The van der Waals surface area contributed by atoms with E-state index in [1.807, 2.05) is 12.1 Å². The van der Waals surface area contributed by atoms with Crippen molar-refractivity contribution in [3.05, 3.63) is 82.3 Å². The van der Waals surface area contributed by atoms with Crippen LogP contribution in [0.4, 0.5) is 22.8 Å². The average Bonchev–Trinajstić information content (AvgIpc) is 3.47. The Balaban J connectivity index is 1.30. The molecule has 12 heteroatoms. The van der Waals surface area contributed by atoms with Gasteiger partial charge in [-0.25, -0.2) is 32.5 Å². The lowest BCUT2D eigenvalue weighted by atomic mass is 9.81. The van der Waals surface area contributed by atoms with Crippen LogP contribution in [0, 0.1) is 17.5 Å². The zero-order valence-corrected chi connectivity index (χ0v) is 24.1. The number of likely N-dealkylation sites (tertiary alicyclic amines) is 1. The summed E-state index contributed by atoms with van der Waals surface area (Å²) in [5.41, 5.74) is 1.09. The first-order chi connectivity index (χ1) is 20.7. The molecule has 5 rings (SSSR count). The van der Waals surface area contributed by atoms with Gasteiger partial charge < -0.3 is 20.1 Å². The van der Waals surface area contributed by atoms with E-state index >= 15 is 0 Å². The van der Waals surface area contributed by atoms with Crippen LogP contribution >= 0.6 is 0 Å². The van der Waals surface area contributed by atoms with Crippen molar-refractivity contribution < 1.29 is 37.0 Å². The molecule has 2 heterocycles. The highest BCUT2D eigenvalue weighted by atomic mass is 19.2. The third-order valence-corrected chi connectivity index (χ3v) is 8.61. The Morgan fingerprint density at radius 2 is 1.65 bits per heavy atom. The maximum Gasteiger partial charge on any atom is 0.338 e. The van der Waals surface area contributed by atoms with E-state index in [0.29, 0.717) is 24.9 Å². The number of benzene rings is 2. The number of halogens is 3. The summed E-state index contributed by atoms with van der Waals surface area (Å²) in [7, 11) is 2.50. The topological polar surface area (TPSA) is 100 Å². The van der Waals surface area contributed by atoms with Gasteiger partial charge in [0.1, 0.15) is 11.9 Å². The number of hydrogen-bond donors (Lipinski definition) is 2. The summed E-state index contributed by atoms with van der Waals surface area (Å²) in [4.78, 5) is 43.0. The number of imide groups is 1. The molecular weight excluding hydrogens is 565 g/mol. The van der Waals surface area contributed by atoms with E-state index in [0.717, 1.165) is 61.9 Å². The number of ether oxygens (including phenoxy) is 2. The smallest absolute Gasteiger partial charge is 0.338 e. The van der Waals surface area contributed by atoms with Crippen LogP contribution in [0.3, 0.4) is 0 Å². The molecule has 1 saturated heterocycles. The van der Waals surface area contributed by atoms with Gasteiger partial charge in [-0.3, -0.25) is 4.90 Å². The van der Waals surface area contributed by atoms with Crippen molar-refractivity contribution in [2.45, 2.75) is 56.1 Å². The van der Waals surface area contributed by atoms with E-state index in [1.165, 1.54) is 25.3 Å². The van der Waals surface area contributed by atoms with Gasteiger partial charge in [-0.15, -0.1) is 0 Å². The largest absolute Gasteiger partial charge is 0.466 e. The summed E-state index contributed by atoms with van der Waals surface area (Å²) in [6, 6.07) is 6.70. The van der Waals surface area contributed by atoms with Crippen molar-refractivity contribution in [3.63, 3.8) is 0 Å². The molecule has 1 saturated carbocycles. The van der Waals surface area contributed by atoms with Crippen molar-refractivity contribution in [1.82, 2.24) is 20.4 Å². The number of esters is 1. The molecule has 2 atom stereocenters. The van der Waals surface area contributed by atoms with Gasteiger partial charge in [0, 0.05) is 32.3 Å². The number of methoxy groups -OCH3 is 2. The van der Waals surface area contributed by atoms with Gasteiger partial charge in [-0.05, 0) is 73.4 Å². The van der Waals surface area contributed by atoms with Gasteiger partial charge in [0.15, 0.2) is 11.6 Å². The highest BCUT2D eigenvalue weighted by Gasteiger charge is 2.44. The summed E-state index contributed by atoms with van der Waals surface area (Å²) in [6.07, 6.45) is 4.58. The number of nitrogens with one attached hydrogen (secondary N) is 2. The number of carbonyl (C=O) groups excluding carboxylic acids is 3. The fourth-order valence-electron chi connectivity index (χ4n) is 6.47. The molecule has 0 bridgehead atoms. The number of nitrogens with zero attached hydrogens (tertiary/aromatic N) is 2. The summed E-state index contributed by atoms with van der Waals surface area (Å²) >= 11 is 0. The minimum absolute atomic E-state index is 0.0175. The van der Waals surface area contributed by atoms with Crippen molar-refractivity contribution >= 4 is 18.0 Å². The third kappa shape index (κ3) is 6.54. The zero-order valence-electron chi connectivity index (χ0n) is 24.1. The number of rotatable bonds is 7. The summed E-state index contributed by atoms with van der Waals surface area (Å²) in [6.45, 7) is 1.16. The van der Waals surface area contributed by atoms with E-state index in [2.05, 4.69) is 15.5 Å². The monoisotopic (exact) mass is 600 g/mol. The van der Waals surface area contributed by atoms with Gasteiger partial charge in [-0.1, -0.05) is 18.2 Å². The van der Waals surface area contributed by atoms with Crippen LogP contribution in [-0.4, -0.2) is 73.8 Å². The normalized spacial score (nSPS) is 24.6. The molecule has 4 amide bonds. The highest BCUT2D eigenvalue weighted by molar-refractivity contribution is 6.01. The molecule has 2 aromatic rings. The Labute approximate surface area is 248 Å². The quantitative estimate of drug-likeness (QED) is 0.445. The molecular formula is C31H35F3N4O5. The van der Waals surface area contributed by atoms with Crippen LogP contribution in [0.5, 0.6) is 0 Å². The molecule has 0 spiro atoms. The fourth-order valence-corrected chi connectivity index (χ4v) is 6.47. The summed E-state index contributed by atoms with van der Waals surface area (Å²) in [5.74, 6) is -3.02. The second-order valence-electron chi connectivity index (χ2n) is 11.2. The first-order valence-electron chi connectivity index (χ1n) is 14.4. The van der Waals surface area contributed by atoms with Crippen LogP contribution in [0.1, 0.15) is 55.2 Å². The summed E-state index contributed by atoms with van der Waals surface area (Å²) in [5, 5.41) is 5.44. The Bertz CT molecular complexity index is 1390. The lowest BCUT2D eigenvalue weighted by molar-refractivity contribution is -0.137. The number of amides is 4. The van der Waals surface area contributed by atoms with E-state index in [-0.39, 0.29) is 35.3 Å². The maximum atomic E-state index is 14.3. The van der Waals surface area contributed by atoms with Gasteiger partial charge in [-0.2, -0.15) is 0 Å². The second-order valence-corrected chi connectivity index (χ2v) is 11.2. The number of urea groups is 2. The second kappa shape index (κ2) is 13.2. The molecule has 9 nitrogen and oxygen atoms in total. The van der Waals surface area contributed by atoms with Gasteiger partial charge in [0.25, 0.3) is 0 Å².